The molecule has 4 aliphatic rings. The molecule has 0 aromatic heterocycles. The van der Waals surface area contributed by atoms with Gasteiger partial charge in [0.05, 0.1) is 6.04 Å². The minimum atomic E-state index is -0.246. The van der Waals surface area contributed by atoms with Gasteiger partial charge in [0, 0.05) is 25.7 Å². The molecule has 1 atom stereocenters. The first kappa shape index (κ1) is 18.9. The number of allylic oxidation sites excluding steroid dienone is 1. The van der Waals surface area contributed by atoms with Crippen LogP contribution in [0.4, 0.5) is 9.18 Å². The molecule has 2 N–H and O–H groups in total. The Hall–Kier alpha value is -2.14. The van der Waals surface area contributed by atoms with Crippen molar-refractivity contribution >= 4 is 6.03 Å². The van der Waals surface area contributed by atoms with Crippen molar-refractivity contribution in [2.24, 2.45) is 11.1 Å². The number of nitrogens with zero attached hydrogens (tertiary/aromatic N) is 2. The fraction of sp³-hybridized carbons (Fsp3) is 0.542. The first-order valence-electron chi connectivity index (χ1n) is 10.9. The van der Waals surface area contributed by atoms with Crippen molar-refractivity contribution < 1.29 is 9.18 Å². The van der Waals surface area contributed by atoms with Crippen molar-refractivity contribution in [2.75, 3.05) is 13.6 Å². The number of nitrogens with two attached hydrogens (primary N) is 1. The number of urea groups is 1. The van der Waals surface area contributed by atoms with E-state index in [4.69, 9.17) is 5.73 Å². The summed E-state index contributed by atoms with van der Waals surface area (Å²) in [7, 11) is 1.89. The Morgan fingerprint density at radius 3 is 2.59 bits per heavy atom. The van der Waals surface area contributed by atoms with Crippen LogP contribution in [0.15, 0.2) is 47.6 Å². The third-order valence-electron chi connectivity index (χ3n) is 7.63. The van der Waals surface area contributed by atoms with E-state index in [-0.39, 0.29) is 30.0 Å². The fourth-order valence-electron chi connectivity index (χ4n) is 5.53. The Morgan fingerprint density at radius 1 is 1.24 bits per heavy atom. The molecule has 154 valence electrons. The van der Waals surface area contributed by atoms with E-state index in [1.165, 1.54) is 42.5 Å². The quantitative estimate of drug-likeness (QED) is 0.799. The molecule has 0 unspecified atom stereocenters. The number of hydrogen-bond donors (Lipinski definition) is 1. The van der Waals surface area contributed by atoms with Crippen LogP contribution < -0.4 is 5.73 Å². The minimum Gasteiger partial charge on any atom is -0.328 e. The van der Waals surface area contributed by atoms with E-state index >= 15 is 0 Å². The Bertz CT molecular complexity index is 865. The van der Waals surface area contributed by atoms with Crippen LogP contribution >= 0.6 is 0 Å². The van der Waals surface area contributed by atoms with Crippen LogP contribution in [-0.4, -0.2) is 41.5 Å². The smallest absolute Gasteiger partial charge is 0.320 e. The van der Waals surface area contributed by atoms with Gasteiger partial charge in [-0.25, -0.2) is 9.18 Å². The molecule has 2 fully saturated rings. The minimum absolute atomic E-state index is 0.0557. The number of carbonyl (C=O) groups excluding carboxylic acids is 1. The highest BCUT2D eigenvalue weighted by Crippen LogP contribution is 2.53. The highest BCUT2D eigenvalue weighted by Gasteiger charge is 2.43. The number of carbonyl (C=O) groups is 1. The van der Waals surface area contributed by atoms with E-state index in [1.807, 2.05) is 29.0 Å². The van der Waals surface area contributed by atoms with E-state index in [9.17, 15) is 9.18 Å². The lowest BCUT2D eigenvalue weighted by Crippen LogP contribution is -2.55. The lowest BCUT2D eigenvalue weighted by Gasteiger charge is -2.48. The van der Waals surface area contributed by atoms with Crippen LogP contribution in [-0.2, 0) is 0 Å². The molecule has 1 heterocycles. The van der Waals surface area contributed by atoms with Crippen LogP contribution in [0.5, 0.6) is 0 Å². The van der Waals surface area contributed by atoms with Crippen LogP contribution in [0.25, 0.3) is 0 Å². The molecule has 1 aromatic rings. The molecule has 0 radical (unpaired) electrons. The normalized spacial score (nSPS) is 29.9. The standard InChI is InChI=1S/C24H30FN3O/c1-27(20-13-19(26)14-20)23(29)28-12-8-17-15-24(9-2-10-24)11-7-21(17)22(28)16-3-5-18(25)6-4-16/h3-7,11,19-20,22H,2,8-10,12-15,26H2,1H3/t19?,20?,22-/m0/s1. The molecule has 1 aliphatic heterocycles. The van der Waals surface area contributed by atoms with E-state index in [0.717, 1.165) is 31.2 Å². The molecule has 29 heavy (non-hydrogen) atoms. The van der Waals surface area contributed by atoms with Gasteiger partial charge in [-0.1, -0.05) is 36.3 Å². The monoisotopic (exact) mass is 395 g/mol. The first-order valence-corrected chi connectivity index (χ1v) is 10.9. The Morgan fingerprint density at radius 2 is 1.97 bits per heavy atom. The summed E-state index contributed by atoms with van der Waals surface area (Å²) < 4.78 is 13.6. The van der Waals surface area contributed by atoms with Gasteiger partial charge < -0.3 is 15.5 Å². The van der Waals surface area contributed by atoms with Gasteiger partial charge in [0.25, 0.3) is 0 Å². The fourth-order valence-corrected chi connectivity index (χ4v) is 5.53. The van der Waals surface area contributed by atoms with Crippen molar-refractivity contribution in [1.29, 1.82) is 0 Å². The molecule has 2 saturated carbocycles. The molecule has 3 aliphatic carbocycles. The van der Waals surface area contributed by atoms with Crippen molar-refractivity contribution in [2.45, 2.75) is 63.1 Å². The number of amides is 2. The van der Waals surface area contributed by atoms with Crippen LogP contribution in [0, 0.1) is 11.2 Å². The molecular weight excluding hydrogens is 365 g/mol. The number of rotatable bonds is 2. The Kier molecular flexibility index (Phi) is 4.54. The second-order valence-corrected chi connectivity index (χ2v) is 9.46. The zero-order valence-electron chi connectivity index (χ0n) is 17.1. The Balaban J connectivity index is 1.47. The van der Waals surface area contributed by atoms with E-state index in [1.54, 1.807) is 0 Å². The summed E-state index contributed by atoms with van der Waals surface area (Å²) in [5.41, 5.74) is 10.0. The molecule has 0 bridgehead atoms. The number of halogens is 1. The largest absolute Gasteiger partial charge is 0.328 e. The summed E-state index contributed by atoms with van der Waals surface area (Å²) in [5, 5.41) is 0. The summed E-state index contributed by atoms with van der Waals surface area (Å²) in [6.07, 6.45) is 12.3. The van der Waals surface area contributed by atoms with Crippen molar-refractivity contribution in [1.82, 2.24) is 9.80 Å². The summed E-state index contributed by atoms with van der Waals surface area (Å²) >= 11 is 0. The zero-order chi connectivity index (χ0) is 20.2. The van der Waals surface area contributed by atoms with Gasteiger partial charge in [-0.3, -0.25) is 0 Å². The Labute approximate surface area is 172 Å². The zero-order valence-corrected chi connectivity index (χ0v) is 17.1. The summed E-state index contributed by atoms with van der Waals surface area (Å²) in [6, 6.07) is 7.01. The molecule has 0 saturated heterocycles. The highest BCUT2D eigenvalue weighted by atomic mass is 19.1. The average Bonchev–Trinajstić information content (AvgIpc) is 2.68. The third kappa shape index (κ3) is 3.20. The SMILES string of the molecule is CN(C(=O)N1CCC2=C(C=CC3(CCC3)C2)[C@@H]1c1ccc(F)cc1)C1CC(N)C1. The predicted octanol–water partition coefficient (Wildman–Crippen LogP) is 4.54. The molecule has 5 heteroatoms. The van der Waals surface area contributed by atoms with Crippen molar-refractivity contribution in [3.63, 3.8) is 0 Å². The highest BCUT2D eigenvalue weighted by molar-refractivity contribution is 5.76. The first-order chi connectivity index (χ1) is 14.0. The van der Waals surface area contributed by atoms with Gasteiger partial charge in [0.15, 0.2) is 0 Å². The summed E-state index contributed by atoms with van der Waals surface area (Å²) in [6.45, 7) is 0.715. The maximum Gasteiger partial charge on any atom is 0.320 e. The molecule has 5 rings (SSSR count). The molecule has 1 aromatic carbocycles. The third-order valence-corrected chi connectivity index (χ3v) is 7.63. The van der Waals surface area contributed by atoms with E-state index in [2.05, 4.69) is 12.2 Å². The lowest BCUT2D eigenvalue weighted by atomic mass is 9.61. The average molecular weight is 396 g/mol. The second-order valence-electron chi connectivity index (χ2n) is 9.46. The summed E-state index contributed by atoms with van der Waals surface area (Å²) in [5.74, 6) is -0.246. The van der Waals surface area contributed by atoms with Gasteiger partial charge in [-0.05, 0) is 67.2 Å². The van der Waals surface area contributed by atoms with Crippen LogP contribution in [0.2, 0.25) is 0 Å². The van der Waals surface area contributed by atoms with Crippen LogP contribution in [0.3, 0.4) is 0 Å². The molecular formula is C24H30FN3O. The number of hydrogen-bond acceptors (Lipinski definition) is 2. The van der Waals surface area contributed by atoms with Crippen molar-refractivity contribution in [3.05, 3.63) is 58.9 Å². The maximum absolute atomic E-state index is 13.6. The molecule has 2 amide bonds. The van der Waals surface area contributed by atoms with Gasteiger partial charge in [0.1, 0.15) is 5.82 Å². The van der Waals surface area contributed by atoms with Crippen LogP contribution in [0.1, 0.15) is 56.6 Å². The van der Waals surface area contributed by atoms with Gasteiger partial charge in [-0.2, -0.15) is 0 Å². The molecule has 4 nitrogen and oxygen atoms in total. The van der Waals surface area contributed by atoms with E-state index < -0.39 is 0 Å². The number of benzene rings is 1. The van der Waals surface area contributed by atoms with Gasteiger partial charge in [-0.15, -0.1) is 0 Å². The second kappa shape index (κ2) is 6.98. The van der Waals surface area contributed by atoms with E-state index in [0.29, 0.717) is 12.0 Å². The maximum atomic E-state index is 13.6. The van der Waals surface area contributed by atoms with Crippen molar-refractivity contribution in [3.8, 4) is 0 Å². The lowest BCUT2D eigenvalue weighted by molar-refractivity contribution is 0.101. The van der Waals surface area contributed by atoms with Gasteiger partial charge in [0.2, 0.25) is 0 Å². The molecule has 1 spiro atoms. The topological polar surface area (TPSA) is 49.6 Å². The van der Waals surface area contributed by atoms with Gasteiger partial charge >= 0.3 is 6.03 Å². The summed E-state index contributed by atoms with van der Waals surface area (Å²) in [4.78, 5) is 17.3. The predicted molar refractivity (Wildman–Crippen MR) is 112 cm³/mol.